The maximum Gasteiger partial charge on any atom is 0.237 e. The van der Waals surface area contributed by atoms with E-state index in [2.05, 4.69) is 0 Å². The molecule has 0 aliphatic carbocycles. The molecule has 2 rings (SSSR count). The Labute approximate surface area is 130 Å². The predicted octanol–water partition coefficient (Wildman–Crippen LogP) is 3.72. The zero-order valence-electron chi connectivity index (χ0n) is 12.4. The molecular formula is C17H20N2OS. The van der Waals surface area contributed by atoms with Crippen molar-refractivity contribution in [3.8, 4) is 0 Å². The zero-order chi connectivity index (χ0) is 15.2. The van der Waals surface area contributed by atoms with E-state index in [4.69, 9.17) is 5.73 Å². The Morgan fingerprint density at radius 3 is 2.57 bits per heavy atom. The van der Waals surface area contributed by atoms with Gasteiger partial charge in [-0.25, -0.2) is 0 Å². The second kappa shape index (κ2) is 7.18. The van der Waals surface area contributed by atoms with E-state index in [-0.39, 0.29) is 5.91 Å². The van der Waals surface area contributed by atoms with Gasteiger partial charge in [-0.3, -0.25) is 4.79 Å². The largest absolute Gasteiger partial charge is 0.399 e. The smallest absolute Gasteiger partial charge is 0.237 e. The van der Waals surface area contributed by atoms with Gasteiger partial charge in [0.2, 0.25) is 5.91 Å². The molecule has 0 aromatic heterocycles. The third kappa shape index (κ3) is 4.02. The van der Waals surface area contributed by atoms with Crippen LogP contribution in [-0.4, -0.2) is 18.2 Å². The van der Waals surface area contributed by atoms with Crippen LogP contribution in [-0.2, 0) is 4.79 Å². The normalized spacial score (nSPS) is 10.4. The Bertz CT molecular complexity index is 613. The third-order valence-corrected chi connectivity index (χ3v) is 4.39. The molecule has 0 aliphatic rings. The lowest BCUT2D eigenvalue weighted by molar-refractivity contribution is -0.116. The first-order valence-electron chi connectivity index (χ1n) is 6.96. The summed E-state index contributed by atoms with van der Waals surface area (Å²) in [6.45, 7) is 4.68. The topological polar surface area (TPSA) is 46.3 Å². The van der Waals surface area contributed by atoms with Crippen LogP contribution >= 0.6 is 11.8 Å². The molecule has 0 saturated carbocycles. The molecule has 110 valence electrons. The number of carbonyl (C=O) groups excluding carboxylic acids is 1. The number of para-hydroxylation sites is 1. The van der Waals surface area contributed by atoms with Gasteiger partial charge >= 0.3 is 0 Å². The summed E-state index contributed by atoms with van der Waals surface area (Å²) in [5.74, 6) is 0.517. The monoisotopic (exact) mass is 300 g/mol. The highest BCUT2D eigenvalue weighted by atomic mass is 32.2. The van der Waals surface area contributed by atoms with Gasteiger partial charge in [-0.05, 0) is 43.7 Å². The lowest BCUT2D eigenvalue weighted by Gasteiger charge is -2.21. The van der Waals surface area contributed by atoms with E-state index in [1.54, 1.807) is 4.90 Å². The molecular weight excluding hydrogens is 280 g/mol. The van der Waals surface area contributed by atoms with Crippen LogP contribution in [0.15, 0.2) is 53.4 Å². The minimum absolute atomic E-state index is 0.107. The molecule has 0 atom stereocenters. The SMILES string of the molecule is CCN(C(=O)CSc1cc(N)ccc1C)c1ccccc1. The minimum Gasteiger partial charge on any atom is -0.399 e. The molecule has 0 bridgehead atoms. The fourth-order valence-corrected chi connectivity index (χ4v) is 3.05. The molecule has 2 aromatic carbocycles. The average molecular weight is 300 g/mol. The van der Waals surface area contributed by atoms with Crippen molar-refractivity contribution in [1.82, 2.24) is 0 Å². The number of hydrogen-bond acceptors (Lipinski definition) is 3. The predicted molar refractivity (Wildman–Crippen MR) is 90.8 cm³/mol. The molecule has 0 aliphatic heterocycles. The molecule has 2 aromatic rings. The van der Waals surface area contributed by atoms with Crippen molar-refractivity contribution in [3.63, 3.8) is 0 Å². The zero-order valence-corrected chi connectivity index (χ0v) is 13.2. The summed E-state index contributed by atoms with van der Waals surface area (Å²) in [7, 11) is 0. The number of nitrogens with two attached hydrogens (primary N) is 1. The van der Waals surface area contributed by atoms with E-state index in [0.29, 0.717) is 12.3 Å². The minimum atomic E-state index is 0.107. The summed E-state index contributed by atoms with van der Waals surface area (Å²) < 4.78 is 0. The summed E-state index contributed by atoms with van der Waals surface area (Å²) in [6.07, 6.45) is 0. The first-order valence-corrected chi connectivity index (χ1v) is 7.94. The van der Waals surface area contributed by atoms with Gasteiger partial charge in [0.1, 0.15) is 0 Å². The number of nitrogen functional groups attached to an aromatic ring is 1. The average Bonchev–Trinajstić information content (AvgIpc) is 2.50. The van der Waals surface area contributed by atoms with Gasteiger partial charge < -0.3 is 10.6 Å². The van der Waals surface area contributed by atoms with E-state index in [1.165, 1.54) is 11.8 Å². The second-order valence-electron chi connectivity index (χ2n) is 4.79. The molecule has 0 radical (unpaired) electrons. The van der Waals surface area contributed by atoms with Crippen LogP contribution in [0.5, 0.6) is 0 Å². The molecule has 1 amide bonds. The van der Waals surface area contributed by atoms with Crippen molar-refractivity contribution in [3.05, 3.63) is 54.1 Å². The summed E-state index contributed by atoms with van der Waals surface area (Å²) in [4.78, 5) is 15.3. The highest BCUT2D eigenvalue weighted by molar-refractivity contribution is 8.00. The Morgan fingerprint density at radius 1 is 1.19 bits per heavy atom. The quantitative estimate of drug-likeness (QED) is 0.676. The highest BCUT2D eigenvalue weighted by Gasteiger charge is 2.14. The molecule has 0 unspecified atom stereocenters. The molecule has 3 nitrogen and oxygen atoms in total. The molecule has 21 heavy (non-hydrogen) atoms. The molecule has 0 spiro atoms. The maximum atomic E-state index is 12.4. The van der Waals surface area contributed by atoms with Gasteiger partial charge in [0.05, 0.1) is 5.75 Å². The first-order chi connectivity index (χ1) is 10.1. The number of carbonyl (C=O) groups is 1. The standard InChI is InChI=1S/C17H20N2OS/c1-3-19(15-7-5-4-6-8-15)17(20)12-21-16-11-14(18)10-9-13(16)2/h4-11H,3,12,18H2,1-2H3. The maximum absolute atomic E-state index is 12.4. The third-order valence-electron chi connectivity index (χ3n) is 3.25. The van der Waals surface area contributed by atoms with Crippen LogP contribution in [0.2, 0.25) is 0 Å². The summed E-state index contributed by atoms with van der Waals surface area (Å²) in [5.41, 5.74) is 8.61. The molecule has 0 fully saturated rings. The van der Waals surface area contributed by atoms with Gasteiger partial charge in [-0.15, -0.1) is 11.8 Å². The van der Waals surface area contributed by atoms with Gasteiger partial charge in [0.25, 0.3) is 0 Å². The number of amides is 1. The number of hydrogen-bond donors (Lipinski definition) is 1. The Kier molecular flexibility index (Phi) is 5.28. The van der Waals surface area contributed by atoms with E-state index >= 15 is 0 Å². The summed E-state index contributed by atoms with van der Waals surface area (Å²) in [6, 6.07) is 15.5. The molecule has 0 heterocycles. The number of aryl methyl sites for hydroxylation is 1. The van der Waals surface area contributed by atoms with Gasteiger partial charge in [0.15, 0.2) is 0 Å². The lowest BCUT2D eigenvalue weighted by Crippen LogP contribution is -2.32. The van der Waals surface area contributed by atoms with Crippen molar-refractivity contribution in [1.29, 1.82) is 0 Å². The molecule has 2 N–H and O–H groups in total. The van der Waals surface area contributed by atoms with E-state index in [1.807, 2.05) is 62.4 Å². The number of rotatable bonds is 5. The first kappa shape index (κ1) is 15.4. The number of thioether (sulfide) groups is 1. The Balaban J connectivity index is 2.05. The van der Waals surface area contributed by atoms with Crippen LogP contribution in [0.1, 0.15) is 12.5 Å². The number of benzene rings is 2. The number of anilines is 2. The van der Waals surface area contributed by atoms with Crippen LogP contribution in [0.25, 0.3) is 0 Å². The Hall–Kier alpha value is -1.94. The van der Waals surface area contributed by atoms with Gasteiger partial charge in [-0.1, -0.05) is 24.3 Å². The van der Waals surface area contributed by atoms with Crippen LogP contribution in [0, 0.1) is 6.92 Å². The summed E-state index contributed by atoms with van der Waals surface area (Å²) >= 11 is 1.54. The van der Waals surface area contributed by atoms with Crippen molar-refractivity contribution in [2.75, 3.05) is 22.9 Å². The number of nitrogens with zero attached hydrogens (tertiary/aromatic N) is 1. The van der Waals surface area contributed by atoms with Crippen molar-refractivity contribution in [2.45, 2.75) is 18.7 Å². The van der Waals surface area contributed by atoms with Crippen LogP contribution in [0.4, 0.5) is 11.4 Å². The second-order valence-corrected chi connectivity index (χ2v) is 5.80. The molecule has 0 saturated heterocycles. The summed E-state index contributed by atoms with van der Waals surface area (Å²) in [5, 5.41) is 0. The van der Waals surface area contributed by atoms with Crippen molar-refractivity contribution in [2.24, 2.45) is 0 Å². The van der Waals surface area contributed by atoms with Gasteiger partial charge in [-0.2, -0.15) is 0 Å². The lowest BCUT2D eigenvalue weighted by atomic mass is 10.2. The van der Waals surface area contributed by atoms with Crippen molar-refractivity contribution >= 4 is 29.0 Å². The van der Waals surface area contributed by atoms with E-state index in [0.717, 1.165) is 21.8 Å². The Morgan fingerprint density at radius 2 is 1.90 bits per heavy atom. The van der Waals surface area contributed by atoms with E-state index < -0.39 is 0 Å². The van der Waals surface area contributed by atoms with E-state index in [9.17, 15) is 4.79 Å². The fourth-order valence-electron chi connectivity index (χ4n) is 2.10. The van der Waals surface area contributed by atoms with Crippen LogP contribution in [0.3, 0.4) is 0 Å². The molecule has 4 heteroatoms. The highest BCUT2D eigenvalue weighted by Crippen LogP contribution is 2.25. The fraction of sp³-hybridized carbons (Fsp3) is 0.235. The van der Waals surface area contributed by atoms with Gasteiger partial charge in [0, 0.05) is 22.8 Å². The van der Waals surface area contributed by atoms with Crippen LogP contribution < -0.4 is 10.6 Å². The van der Waals surface area contributed by atoms with Crippen molar-refractivity contribution < 1.29 is 4.79 Å².